The van der Waals surface area contributed by atoms with Crippen LogP contribution < -0.4 is 16.0 Å². The Morgan fingerprint density at radius 2 is 2.20 bits per heavy atom. The quantitative estimate of drug-likeness (QED) is 0.657. The second kappa shape index (κ2) is 6.65. The van der Waals surface area contributed by atoms with Gasteiger partial charge in [0.1, 0.15) is 11.6 Å². The van der Waals surface area contributed by atoms with Crippen molar-refractivity contribution in [1.82, 2.24) is 10.4 Å². The van der Waals surface area contributed by atoms with Gasteiger partial charge in [0.2, 0.25) is 0 Å². The normalized spacial score (nSPS) is 12.2. The Kier molecular flexibility index (Phi) is 4.89. The average molecular weight is 296 g/mol. The highest BCUT2D eigenvalue weighted by molar-refractivity contribution is 6.31. The minimum absolute atomic E-state index is 0.194. The van der Waals surface area contributed by atoms with Gasteiger partial charge < -0.3 is 4.74 Å². The number of hydrogen-bond acceptors (Lipinski definition) is 4. The lowest BCUT2D eigenvalue weighted by Gasteiger charge is -2.17. The number of nitrogens with zero attached hydrogens (tertiary/aromatic N) is 1. The highest BCUT2D eigenvalue weighted by Crippen LogP contribution is 2.25. The first-order valence-electron chi connectivity index (χ1n) is 6.03. The number of nitrogens with two attached hydrogens (primary N) is 1. The molecule has 2 aromatic rings. The Morgan fingerprint density at radius 1 is 1.40 bits per heavy atom. The lowest BCUT2D eigenvalue weighted by atomic mass is 10.0. The number of ether oxygens (including phenoxy) is 1. The minimum atomic E-state index is -0.362. The van der Waals surface area contributed by atoms with Crippen molar-refractivity contribution >= 4 is 11.6 Å². The second-order valence-electron chi connectivity index (χ2n) is 4.32. The van der Waals surface area contributed by atoms with Gasteiger partial charge in [0.15, 0.2) is 0 Å². The van der Waals surface area contributed by atoms with Crippen molar-refractivity contribution in [2.45, 2.75) is 12.5 Å². The SMILES string of the molecule is COc1cncc(C(Cc2ccc(F)cc2Cl)NN)c1. The third kappa shape index (κ3) is 3.45. The van der Waals surface area contributed by atoms with Crippen molar-refractivity contribution in [1.29, 1.82) is 0 Å². The monoisotopic (exact) mass is 295 g/mol. The molecule has 0 aliphatic rings. The van der Waals surface area contributed by atoms with Crippen molar-refractivity contribution in [2.75, 3.05) is 7.11 Å². The second-order valence-corrected chi connectivity index (χ2v) is 4.72. The van der Waals surface area contributed by atoms with Gasteiger partial charge in [0.05, 0.1) is 19.3 Å². The van der Waals surface area contributed by atoms with E-state index in [1.165, 1.54) is 12.1 Å². The van der Waals surface area contributed by atoms with Gasteiger partial charge in [0, 0.05) is 11.2 Å². The lowest BCUT2D eigenvalue weighted by molar-refractivity contribution is 0.410. The van der Waals surface area contributed by atoms with Crippen LogP contribution in [0.25, 0.3) is 0 Å². The number of nitrogens with one attached hydrogen (secondary N) is 1. The summed E-state index contributed by atoms with van der Waals surface area (Å²) in [5, 5.41) is 0.376. The zero-order chi connectivity index (χ0) is 14.5. The molecular formula is C14H15ClFN3O. The van der Waals surface area contributed by atoms with Crippen molar-refractivity contribution < 1.29 is 9.13 Å². The molecule has 0 amide bonds. The molecule has 106 valence electrons. The van der Waals surface area contributed by atoms with Crippen LogP contribution in [0.1, 0.15) is 17.2 Å². The standard InChI is InChI=1S/C14H15ClFN3O/c1-20-12-4-10(7-18-8-12)14(19-17)5-9-2-3-11(16)6-13(9)15/h2-4,6-8,14,19H,5,17H2,1H3. The number of hydrogen-bond donors (Lipinski definition) is 2. The smallest absolute Gasteiger partial charge is 0.137 e. The number of methoxy groups -OCH3 is 1. The fraction of sp³-hybridized carbons (Fsp3) is 0.214. The Bertz CT molecular complexity index is 594. The van der Waals surface area contributed by atoms with E-state index in [1.54, 1.807) is 25.6 Å². The number of halogens is 2. The Balaban J connectivity index is 2.23. The van der Waals surface area contributed by atoms with Crippen LogP contribution in [0.5, 0.6) is 5.75 Å². The topological polar surface area (TPSA) is 60.2 Å². The van der Waals surface area contributed by atoms with E-state index in [9.17, 15) is 4.39 Å². The van der Waals surface area contributed by atoms with Crippen LogP contribution in [0, 0.1) is 5.82 Å². The molecule has 0 spiro atoms. The van der Waals surface area contributed by atoms with Crippen molar-refractivity contribution in [2.24, 2.45) is 5.84 Å². The summed E-state index contributed by atoms with van der Waals surface area (Å²) in [5.41, 5.74) is 4.38. The Hall–Kier alpha value is -1.69. The summed E-state index contributed by atoms with van der Waals surface area (Å²) in [7, 11) is 1.57. The van der Waals surface area contributed by atoms with Crippen LogP contribution in [0.4, 0.5) is 4.39 Å². The Morgan fingerprint density at radius 3 is 2.85 bits per heavy atom. The molecule has 6 heteroatoms. The van der Waals surface area contributed by atoms with E-state index in [0.717, 1.165) is 11.1 Å². The first kappa shape index (κ1) is 14.7. The van der Waals surface area contributed by atoms with E-state index in [-0.39, 0.29) is 11.9 Å². The minimum Gasteiger partial charge on any atom is -0.495 e. The molecule has 20 heavy (non-hydrogen) atoms. The molecule has 1 aromatic carbocycles. The summed E-state index contributed by atoms with van der Waals surface area (Å²) in [6.45, 7) is 0. The van der Waals surface area contributed by atoms with Gasteiger partial charge in [-0.15, -0.1) is 0 Å². The van der Waals surface area contributed by atoms with E-state index in [1.807, 2.05) is 6.07 Å². The molecule has 0 fully saturated rings. The summed E-state index contributed by atoms with van der Waals surface area (Å²) in [5.74, 6) is 5.87. The number of benzene rings is 1. The summed E-state index contributed by atoms with van der Waals surface area (Å²) in [6.07, 6.45) is 3.83. The van der Waals surface area contributed by atoms with E-state index in [2.05, 4.69) is 10.4 Å². The van der Waals surface area contributed by atoms with E-state index in [4.69, 9.17) is 22.2 Å². The van der Waals surface area contributed by atoms with Crippen LogP contribution in [0.2, 0.25) is 5.02 Å². The zero-order valence-corrected chi connectivity index (χ0v) is 11.7. The molecule has 0 aliphatic carbocycles. The van der Waals surface area contributed by atoms with Gasteiger partial charge in [-0.05, 0) is 35.7 Å². The fourth-order valence-electron chi connectivity index (χ4n) is 1.92. The highest BCUT2D eigenvalue weighted by atomic mass is 35.5. The molecule has 1 unspecified atom stereocenters. The molecule has 3 N–H and O–H groups in total. The molecule has 0 aliphatic heterocycles. The van der Waals surface area contributed by atoms with Crippen LogP contribution in [-0.4, -0.2) is 12.1 Å². The molecule has 1 atom stereocenters. The number of hydrazine groups is 1. The van der Waals surface area contributed by atoms with Gasteiger partial charge in [0.25, 0.3) is 0 Å². The van der Waals surface area contributed by atoms with Crippen molar-refractivity contribution in [3.63, 3.8) is 0 Å². The molecule has 0 bridgehead atoms. The average Bonchev–Trinajstić information content (AvgIpc) is 2.46. The molecule has 0 radical (unpaired) electrons. The van der Waals surface area contributed by atoms with Crippen LogP contribution >= 0.6 is 11.6 Å². The van der Waals surface area contributed by atoms with Gasteiger partial charge in [-0.2, -0.15) is 0 Å². The van der Waals surface area contributed by atoms with Crippen molar-refractivity contribution in [3.05, 3.63) is 58.6 Å². The molecule has 1 heterocycles. The van der Waals surface area contributed by atoms with Gasteiger partial charge in [-0.1, -0.05) is 17.7 Å². The summed E-state index contributed by atoms with van der Waals surface area (Å²) in [4.78, 5) is 4.09. The first-order valence-corrected chi connectivity index (χ1v) is 6.41. The summed E-state index contributed by atoms with van der Waals surface area (Å²) < 4.78 is 18.2. The van der Waals surface area contributed by atoms with E-state index < -0.39 is 0 Å². The molecule has 2 rings (SSSR count). The lowest BCUT2D eigenvalue weighted by Crippen LogP contribution is -2.29. The predicted molar refractivity (Wildman–Crippen MR) is 76.0 cm³/mol. The molecule has 0 saturated carbocycles. The maximum absolute atomic E-state index is 13.0. The number of pyridine rings is 1. The van der Waals surface area contributed by atoms with E-state index >= 15 is 0 Å². The zero-order valence-electron chi connectivity index (χ0n) is 10.9. The van der Waals surface area contributed by atoms with E-state index in [0.29, 0.717) is 17.2 Å². The van der Waals surface area contributed by atoms with Crippen LogP contribution in [0.15, 0.2) is 36.7 Å². The number of aromatic nitrogens is 1. The summed E-state index contributed by atoms with van der Waals surface area (Å²) >= 11 is 6.03. The molecular weight excluding hydrogens is 281 g/mol. The van der Waals surface area contributed by atoms with Crippen molar-refractivity contribution in [3.8, 4) is 5.75 Å². The summed E-state index contributed by atoms with van der Waals surface area (Å²) in [6, 6.07) is 5.96. The van der Waals surface area contributed by atoms with Crippen LogP contribution in [-0.2, 0) is 6.42 Å². The molecule has 1 aromatic heterocycles. The third-order valence-corrected chi connectivity index (χ3v) is 3.36. The predicted octanol–water partition coefficient (Wildman–Crippen LogP) is 2.63. The highest BCUT2D eigenvalue weighted by Gasteiger charge is 2.14. The maximum atomic E-state index is 13.0. The van der Waals surface area contributed by atoms with Crippen LogP contribution in [0.3, 0.4) is 0 Å². The first-order chi connectivity index (χ1) is 9.63. The molecule has 0 saturated heterocycles. The third-order valence-electron chi connectivity index (χ3n) is 3.01. The Labute approximate surface area is 121 Å². The largest absolute Gasteiger partial charge is 0.495 e. The van der Waals surface area contributed by atoms with Gasteiger partial charge >= 0.3 is 0 Å². The maximum Gasteiger partial charge on any atom is 0.137 e. The molecule has 4 nitrogen and oxygen atoms in total. The fourth-order valence-corrected chi connectivity index (χ4v) is 2.16. The van der Waals surface area contributed by atoms with Gasteiger partial charge in [-0.3, -0.25) is 16.3 Å². The van der Waals surface area contributed by atoms with Gasteiger partial charge in [-0.25, -0.2) is 4.39 Å². The number of rotatable bonds is 5.